The number of amides is 1. The maximum absolute atomic E-state index is 11.5. The van der Waals surface area contributed by atoms with Crippen LogP contribution in [0, 0.1) is 0 Å². The Morgan fingerprint density at radius 3 is 2.71 bits per heavy atom. The zero-order valence-electron chi connectivity index (χ0n) is 10.2. The number of anilines is 1. The molecule has 0 spiro atoms. The molecule has 0 aliphatic heterocycles. The highest BCUT2D eigenvalue weighted by Crippen LogP contribution is 2.30. The number of ether oxygens (including phenoxy) is 1. The lowest BCUT2D eigenvalue weighted by Gasteiger charge is -2.20. The molecule has 94 valence electrons. The molecule has 1 aromatic rings. The van der Waals surface area contributed by atoms with Crippen LogP contribution in [0.4, 0.5) is 5.69 Å². The number of nitrogens with one attached hydrogen (secondary N) is 1. The molecule has 3 N–H and O–H groups in total. The van der Waals surface area contributed by atoms with E-state index < -0.39 is 0 Å². The lowest BCUT2D eigenvalue weighted by atomic mass is 10.1. The first-order chi connectivity index (χ1) is 7.79. The van der Waals surface area contributed by atoms with Crippen molar-refractivity contribution in [3.63, 3.8) is 0 Å². The molecule has 0 aliphatic carbocycles. The molecule has 17 heavy (non-hydrogen) atoms. The van der Waals surface area contributed by atoms with E-state index in [1.807, 2.05) is 20.8 Å². The van der Waals surface area contributed by atoms with Gasteiger partial charge < -0.3 is 15.8 Å². The third-order valence-corrected chi connectivity index (χ3v) is 2.71. The van der Waals surface area contributed by atoms with Crippen LogP contribution in [-0.2, 0) is 4.79 Å². The summed E-state index contributed by atoms with van der Waals surface area (Å²) in [7, 11) is 0. The molecule has 0 unspecified atom stereocenters. The van der Waals surface area contributed by atoms with Gasteiger partial charge in [0.1, 0.15) is 5.75 Å². The summed E-state index contributed by atoms with van der Waals surface area (Å²) in [6, 6.07) is 5.29. The third-order valence-electron chi connectivity index (χ3n) is 1.87. The molecular formula is C12H17BrN2O2. The van der Waals surface area contributed by atoms with Gasteiger partial charge in [-0.05, 0) is 48.8 Å². The molecule has 5 heteroatoms. The maximum Gasteiger partial charge on any atom is 0.258 e. The standard InChI is InChI=1S/C12H17BrN2O2/c1-12(2,3)15-10(16)7-17-9-6-4-5-8(14)11(9)13/h4-6H,7,14H2,1-3H3,(H,15,16). The van der Waals surface area contributed by atoms with Crippen LogP contribution in [-0.4, -0.2) is 18.1 Å². The summed E-state index contributed by atoms with van der Waals surface area (Å²) < 4.78 is 6.06. The lowest BCUT2D eigenvalue weighted by Crippen LogP contribution is -2.43. The van der Waals surface area contributed by atoms with Crippen LogP contribution in [0.15, 0.2) is 22.7 Å². The van der Waals surface area contributed by atoms with Gasteiger partial charge in [0, 0.05) is 11.2 Å². The molecule has 0 aromatic heterocycles. The molecule has 0 atom stereocenters. The van der Waals surface area contributed by atoms with Crippen LogP contribution in [0.25, 0.3) is 0 Å². The first kappa shape index (κ1) is 13.8. The van der Waals surface area contributed by atoms with Gasteiger partial charge in [0.15, 0.2) is 6.61 Å². The van der Waals surface area contributed by atoms with Crippen molar-refractivity contribution in [2.24, 2.45) is 0 Å². The van der Waals surface area contributed by atoms with Crippen molar-refractivity contribution in [1.82, 2.24) is 5.32 Å². The van der Waals surface area contributed by atoms with Gasteiger partial charge in [-0.25, -0.2) is 0 Å². The summed E-state index contributed by atoms with van der Waals surface area (Å²) in [6.07, 6.45) is 0. The van der Waals surface area contributed by atoms with E-state index in [-0.39, 0.29) is 18.1 Å². The normalized spacial score (nSPS) is 11.1. The van der Waals surface area contributed by atoms with E-state index in [2.05, 4.69) is 21.2 Å². The second-order valence-corrected chi connectivity index (χ2v) is 5.54. The summed E-state index contributed by atoms with van der Waals surface area (Å²) >= 11 is 3.31. The zero-order valence-corrected chi connectivity index (χ0v) is 11.8. The zero-order chi connectivity index (χ0) is 13.1. The van der Waals surface area contributed by atoms with Gasteiger partial charge in [-0.1, -0.05) is 6.07 Å². The van der Waals surface area contributed by atoms with Gasteiger partial charge in [-0.2, -0.15) is 0 Å². The summed E-state index contributed by atoms with van der Waals surface area (Å²) in [5, 5.41) is 2.81. The van der Waals surface area contributed by atoms with Crippen LogP contribution in [0.1, 0.15) is 20.8 Å². The molecule has 4 nitrogen and oxygen atoms in total. The maximum atomic E-state index is 11.5. The number of nitrogen functional groups attached to an aromatic ring is 1. The fourth-order valence-corrected chi connectivity index (χ4v) is 1.62. The second-order valence-electron chi connectivity index (χ2n) is 4.75. The number of hydrogen-bond acceptors (Lipinski definition) is 3. The highest BCUT2D eigenvalue weighted by atomic mass is 79.9. The topological polar surface area (TPSA) is 64.3 Å². The van der Waals surface area contributed by atoms with Crippen molar-refractivity contribution in [2.75, 3.05) is 12.3 Å². The van der Waals surface area contributed by atoms with Crippen molar-refractivity contribution in [3.8, 4) is 5.75 Å². The Bertz CT molecular complexity index is 413. The Hall–Kier alpha value is -1.23. The van der Waals surface area contributed by atoms with Crippen LogP contribution >= 0.6 is 15.9 Å². The van der Waals surface area contributed by atoms with Gasteiger partial charge in [0.25, 0.3) is 5.91 Å². The van der Waals surface area contributed by atoms with Gasteiger partial charge in [-0.3, -0.25) is 4.79 Å². The first-order valence-electron chi connectivity index (χ1n) is 5.27. The molecule has 1 amide bonds. The summed E-state index contributed by atoms with van der Waals surface area (Å²) in [5.74, 6) is 0.404. The number of hydrogen-bond donors (Lipinski definition) is 2. The van der Waals surface area contributed by atoms with Gasteiger partial charge >= 0.3 is 0 Å². The summed E-state index contributed by atoms with van der Waals surface area (Å²) in [5.41, 5.74) is 6.03. The quantitative estimate of drug-likeness (QED) is 0.842. The molecule has 0 aliphatic rings. The monoisotopic (exact) mass is 300 g/mol. The van der Waals surface area contributed by atoms with Crippen molar-refractivity contribution < 1.29 is 9.53 Å². The average molecular weight is 301 g/mol. The Kier molecular flexibility index (Phi) is 4.40. The molecular weight excluding hydrogens is 284 g/mol. The fourth-order valence-electron chi connectivity index (χ4n) is 1.24. The number of nitrogens with two attached hydrogens (primary N) is 1. The van der Waals surface area contributed by atoms with Crippen molar-refractivity contribution >= 4 is 27.5 Å². The Labute approximate surface area is 110 Å². The minimum absolute atomic E-state index is 0.0284. The molecule has 1 aromatic carbocycles. The third kappa shape index (κ3) is 4.65. The van der Waals surface area contributed by atoms with E-state index in [0.29, 0.717) is 15.9 Å². The number of carbonyl (C=O) groups is 1. The van der Waals surface area contributed by atoms with Crippen molar-refractivity contribution in [1.29, 1.82) is 0 Å². The van der Waals surface area contributed by atoms with Gasteiger partial charge in [0.05, 0.1) is 4.47 Å². The van der Waals surface area contributed by atoms with Crippen molar-refractivity contribution in [3.05, 3.63) is 22.7 Å². The van der Waals surface area contributed by atoms with Crippen LogP contribution < -0.4 is 15.8 Å². The van der Waals surface area contributed by atoms with Gasteiger partial charge in [-0.15, -0.1) is 0 Å². The average Bonchev–Trinajstić information content (AvgIpc) is 2.18. The van der Waals surface area contributed by atoms with E-state index in [9.17, 15) is 4.79 Å². The second kappa shape index (κ2) is 5.40. The highest BCUT2D eigenvalue weighted by Gasteiger charge is 2.14. The van der Waals surface area contributed by atoms with Crippen LogP contribution in [0.5, 0.6) is 5.75 Å². The molecule has 0 saturated carbocycles. The van der Waals surface area contributed by atoms with Crippen LogP contribution in [0.3, 0.4) is 0 Å². The Morgan fingerprint density at radius 2 is 2.12 bits per heavy atom. The first-order valence-corrected chi connectivity index (χ1v) is 6.07. The predicted octanol–water partition coefficient (Wildman–Crippen LogP) is 2.32. The summed E-state index contributed by atoms with van der Waals surface area (Å²) in [6.45, 7) is 5.73. The smallest absolute Gasteiger partial charge is 0.258 e. The summed E-state index contributed by atoms with van der Waals surface area (Å²) in [4.78, 5) is 11.5. The molecule has 0 saturated heterocycles. The number of halogens is 1. The Morgan fingerprint density at radius 1 is 1.47 bits per heavy atom. The molecule has 0 bridgehead atoms. The van der Waals surface area contributed by atoms with Gasteiger partial charge in [0.2, 0.25) is 0 Å². The van der Waals surface area contributed by atoms with E-state index in [1.165, 1.54) is 0 Å². The number of benzene rings is 1. The molecule has 0 fully saturated rings. The largest absolute Gasteiger partial charge is 0.483 e. The number of carbonyl (C=O) groups excluding carboxylic acids is 1. The molecule has 1 rings (SSSR count). The minimum Gasteiger partial charge on any atom is -0.483 e. The fraction of sp³-hybridized carbons (Fsp3) is 0.417. The van der Waals surface area contributed by atoms with E-state index in [4.69, 9.17) is 10.5 Å². The molecule has 0 radical (unpaired) electrons. The van der Waals surface area contributed by atoms with Crippen LogP contribution in [0.2, 0.25) is 0 Å². The van der Waals surface area contributed by atoms with E-state index in [1.54, 1.807) is 18.2 Å². The van der Waals surface area contributed by atoms with E-state index in [0.717, 1.165) is 0 Å². The molecule has 0 heterocycles. The number of rotatable bonds is 3. The predicted molar refractivity (Wildman–Crippen MR) is 71.9 cm³/mol. The Balaban J connectivity index is 2.56. The SMILES string of the molecule is CC(C)(C)NC(=O)COc1cccc(N)c1Br. The highest BCUT2D eigenvalue weighted by molar-refractivity contribution is 9.10. The lowest BCUT2D eigenvalue weighted by molar-refractivity contribution is -0.124. The van der Waals surface area contributed by atoms with E-state index >= 15 is 0 Å². The minimum atomic E-state index is -0.257. The van der Waals surface area contributed by atoms with Crippen molar-refractivity contribution in [2.45, 2.75) is 26.3 Å².